The molecule has 0 aliphatic heterocycles. The largest absolute Gasteiger partial charge is 0.452 e. The van der Waals surface area contributed by atoms with E-state index in [0.29, 0.717) is 0 Å². The van der Waals surface area contributed by atoms with E-state index in [2.05, 4.69) is 92.7 Å². The summed E-state index contributed by atoms with van der Waals surface area (Å²) < 4.78 is 0. The van der Waals surface area contributed by atoms with Gasteiger partial charge < -0.3 is 10.0 Å². The molecule has 0 radical (unpaired) electrons. The first-order chi connectivity index (χ1) is 14.5. The van der Waals surface area contributed by atoms with E-state index in [4.69, 9.17) is 0 Å². The molecule has 30 heavy (non-hydrogen) atoms. The number of benzene rings is 3. The van der Waals surface area contributed by atoms with Gasteiger partial charge in [-0.25, -0.2) is 0 Å². The van der Waals surface area contributed by atoms with Gasteiger partial charge in [0.25, 0.3) is 0 Å². The van der Waals surface area contributed by atoms with Crippen LogP contribution in [-0.4, -0.2) is 25.2 Å². The van der Waals surface area contributed by atoms with E-state index in [-0.39, 0.29) is 17.8 Å². The Morgan fingerprint density at radius 2 is 1.13 bits per heavy atom. The zero-order chi connectivity index (χ0) is 21.6. The summed E-state index contributed by atoms with van der Waals surface area (Å²) in [4.78, 5) is 0. The van der Waals surface area contributed by atoms with Crippen LogP contribution in [0, 0.1) is 23.2 Å². The Hall–Kier alpha value is -2.65. The highest BCUT2D eigenvalue weighted by Gasteiger charge is 2.51. The number of rotatable bonds is 8. The normalized spacial score (nSPS) is 13.5. The number of hydrogen-bond donors (Lipinski definition) is 2. The zero-order valence-electron chi connectivity index (χ0n) is 17.5. The lowest BCUT2D eigenvalue weighted by molar-refractivity contribution is 0.384. The summed E-state index contributed by atoms with van der Waals surface area (Å²) in [6, 6.07) is 33.9. The van der Waals surface area contributed by atoms with Crippen LogP contribution in [0.25, 0.3) is 0 Å². The Bertz CT molecular complexity index is 862. The van der Waals surface area contributed by atoms with Crippen LogP contribution in [0.15, 0.2) is 91.0 Å². The Balaban J connectivity index is 2.42. The minimum absolute atomic E-state index is 0.0423. The lowest BCUT2D eigenvalue weighted by atomic mass is 9.76. The van der Waals surface area contributed by atoms with E-state index in [1.165, 1.54) is 15.6 Å². The minimum Gasteiger partial charge on any atom is -0.427 e. The van der Waals surface area contributed by atoms with Gasteiger partial charge in [0.05, 0.1) is 6.07 Å². The third-order valence-electron chi connectivity index (χ3n) is 5.97. The van der Waals surface area contributed by atoms with Crippen molar-refractivity contribution in [3.8, 4) is 6.07 Å². The van der Waals surface area contributed by atoms with Crippen molar-refractivity contribution in [3.63, 3.8) is 0 Å². The van der Waals surface area contributed by atoms with Gasteiger partial charge in [-0.05, 0) is 33.3 Å². The molecule has 3 rings (SSSR count). The standard InChI is InChI=1S/C25H28BNO2Si/c1-20(2)25(21(19-27)18-26(28)29)30(22-12-6-3-7-13-22,23-14-8-4-9-15-23)24-16-10-5-11-17-24/h3-17,20-21,25,28-29H,18H2,1-2H3. The molecule has 0 spiro atoms. The molecule has 0 bridgehead atoms. The van der Waals surface area contributed by atoms with E-state index in [1.54, 1.807) is 0 Å². The number of hydrogen-bond acceptors (Lipinski definition) is 3. The predicted octanol–water partition coefficient (Wildman–Crippen LogP) is 2.80. The van der Waals surface area contributed by atoms with Crippen LogP contribution in [0.2, 0.25) is 11.9 Å². The fourth-order valence-corrected chi connectivity index (χ4v) is 11.1. The molecule has 3 aromatic rings. The molecule has 2 atom stereocenters. The first-order valence-electron chi connectivity index (χ1n) is 10.4. The maximum atomic E-state index is 10.1. The van der Waals surface area contributed by atoms with Gasteiger partial charge in [0.2, 0.25) is 0 Å². The van der Waals surface area contributed by atoms with Crippen molar-refractivity contribution in [1.29, 1.82) is 5.26 Å². The van der Waals surface area contributed by atoms with Crippen LogP contribution in [0.3, 0.4) is 0 Å². The van der Waals surface area contributed by atoms with Crippen LogP contribution in [0.1, 0.15) is 13.8 Å². The predicted molar refractivity (Wildman–Crippen MR) is 127 cm³/mol. The Morgan fingerprint density at radius 1 is 0.767 bits per heavy atom. The molecule has 2 unspecified atom stereocenters. The van der Waals surface area contributed by atoms with Crippen LogP contribution >= 0.6 is 0 Å². The molecule has 0 amide bonds. The van der Waals surface area contributed by atoms with E-state index < -0.39 is 21.1 Å². The molecular formula is C25H28BNO2Si. The summed E-state index contributed by atoms with van der Waals surface area (Å²) in [5, 5.41) is 33.4. The molecule has 3 nitrogen and oxygen atoms in total. The summed E-state index contributed by atoms with van der Waals surface area (Å²) >= 11 is 0. The zero-order valence-corrected chi connectivity index (χ0v) is 18.5. The quantitative estimate of drug-likeness (QED) is 0.441. The second-order valence-electron chi connectivity index (χ2n) is 8.13. The maximum absolute atomic E-state index is 10.1. The molecule has 3 aromatic carbocycles. The second-order valence-corrected chi connectivity index (χ2v) is 12.1. The van der Waals surface area contributed by atoms with Gasteiger partial charge in [-0.2, -0.15) is 5.26 Å². The van der Waals surface area contributed by atoms with Crippen molar-refractivity contribution in [2.45, 2.75) is 25.7 Å². The number of nitrogens with zero attached hydrogens (tertiary/aromatic N) is 1. The maximum Gasteiger partial charge on any atom is 0.452 e. The Morgan fingerprint density at radius 3 is 1.40 bits per heavy atom. The third kappa shape index (κ3) is 4.27. The highest BCUT2D eigenvalue weighted by atomic mass is 28.3. The SMILES string of the molecule is CC(C)C(C(C#N)CB(O)O)[Si](c1ccccc1)(c1ccccc1)c1ccccc1. The molecule has 0 saturated carbocycles. The third-order valence-corrected chi connectivity index (χ3v) is 11.8. The summed E-state index contributed by atoms with van der Waals surface area (Å²) in [6.07, 6.45) is 0.0423. The molecule has 0 aliphatic rings. The molecular weight excluding hydrogens is 385 g/mol. The van der Waals surface area contributed by atoms with E-state index in [9.17, 15) is 15.3 Å². The molecule has 0 heterocycles. The lowest BCUT2D eigenvalue weighted by Crippen LogP contribution is -2.71. The molecule has 2 N–H and O–H groups in total. The molecule has 0 aliphatic carbocycles. The lowest BCUT2D eigenvalue weighted by Gasteiger charge is -2.45. The summed E-state index contributed by atoms with van der Waals surface area (Å²) in [5.41, 5.74) is -0.0449. The Kier molecular flexibility index (Phi) is 7.28. The van der Waals surface area contributed by atoms with Gasteiger partial charge in [-0.15, -0.1) is 0 Å². The first-order valence-corrected chi connectivity index (χ1v) is 12.5. The molecule has 0 fully saturated rings. The fourth-order valence-electron chi connectivity index (χ4n) is 4.95. The second kappa shape index (κ2) is 9.90. The topological polar surface area (TPSA) is 64.2 Å². The molecule has 152 valence electrons. The highest BCUT2D eigenvalue weighted by Crippen LogP contribution is 2.39. The Labute approximate surface area is 180 Å². The van der Waals surface area contributed by atoms with Gasteiger partial charge in [0.1, 0.15) is 0 Å². The van der Waals surface area contributed by atoms with Gasteiger partial charge in [0.15, 0.2) is 8.07 Å². The summed E-state index contributed by atoms with van der Waals surface area (Å²) in [5.74, 6) is -0.321. The van der Waals surface area contributed by atoms with Gasteiger partial charge in [-0.1, -0.05) is 105 Å². The van der Waals surface area contributed by atoms with Crippen molar-refractivity contribution in [2.24, 2.45) is 11.8 Å². The smallest absolute Gasteiger partial charge is 0.427 e. The van der Waals surface area contributed by atoms with E-state index in [1.807, 2.05) is 18.2 Å². The van der Waals surface area contributed by atoms with Crippen molar-refractivity contribution < 1.29 is 10.0 Å². The summed E-state index contributed by atoms with van der Waals surface area (Å²) in [7, 11) is -4.22. The first kappa shape index (κ1) is 22.0. The molecule has 5 heteroatoms. The highest BCUT2D eigenvalue weighted by molar-refractivity contribution is 7.12. The van der Waals surface area contributed by atoms with E-state index >= 15 is 0 Å². The van der Waals surface area contributed by atoms with Crippen LogP contribution in [-0.2, 0) is 0 Å². The van der Waals surface area contributed by atoms with Crippen LogP contribution in [0.5, 0.6) is 0 Å². The van der Waals surface area contributed by atoms with Crippen LogP contribution < -0.4 is 15.6 Å². The fraction of sp³-hybridized carbons (Fsp3) is 0.240. The average Bonchev–Trinajstić information content (AvgIpc) is 2.77. The monoisotopic (exact) mass is 413 g/mol. The minimum atomic E-state index is -2.71. The van der Waals surface area contributed by atoms with E-state index in [0.717, 1.165) is 0 Å². The van der Waals surface area contributed by atoms with Gasteiger partial charge >= 0.3 is 7.12 Å². The van der Waals surface area contributed by atoms with Gasteiger partial charge in [0, 0.05) is 5.92 Å². The average molecular weight is 413 g/mol. The van der Waals surface area contributed by atoms with Crippen molar-refractivity contribution in [1.82, 2.24) is 0 Å². The summed E-state index contributed by atoms with van der Waals surface area (Å²) in [6.45, 7) is 4.30. The van der Waals surface area contributed by atoms with Crippen molar-refractivity contribution in [2.75, 3.05) is 0 Å². The van der Waals surface area contributed by atoms with Crippen molar-refractivity contribution >= 4 is 30.8 Å². The molecule has 0 saturated heterocycles. The van der Waals surface area contributed by atoms with Gasteiger partial charge in [-0.3, -0.25) is 0 Å². The molecule has 0 aromatic heterocycles. The number of nitriles is 1. The van der Waals surface area contributed by atoms with Crippen LogP contribution in [0.4, 0.5) is 0 Å². The van der Waals surface area contributed by atoms with Crippen molar-refractivity contribution in [3.05, 3.63) is 91.0 Å².